The first kappa shape index (κ1) is 18.7. The van der Waals surface area contributed by atoms with Gasteiger partial charge < -0.3 is 9.88 Å². The van der Waals surface area contributed by atoms with E-state index in [1.807, 2.05) is 35.9 Å². The van der Waals surface area contributed by atoms with Crippen molar-refractivity contribution in [3.8, 4) is 0 Å². The van der Waals surface area contributed by atoms with Crippen LogP contribution in [-0.2, 0) is 11.8 Å². The maximum atomic E-state index is 12.3. The molecule has 0 aliphatic carbocycles. The fourth-order valence-corrected chi connectivity index (χ4v) is 3.93. The van der Waals surface area contributed by atoms with E-state index in [1.54, 1.807) is 0 Å². The van der Waals surface area contributed by atoms with Gasteiger partial charge in [-0.1, -0.05) is 70.3 Å². The summed E-state index contributed by atoms with van der Waals surface area (Å²) in [5, 5.41) is 4.12. The van der Waals surface area contributed by atoms with Crippen molar-refractivity contribution in [2.75, 3.05) is 11.1 Å². The number of fused-ring (bicyclic) bond motifs is 1. The van der Waals surface area contributed by atoms with E-state index < -0.39 is 0 Å². The van der Waals surface area contributed by atoms with Gasteiger partial charge in [0, 0.05) is 7.05 Å². The smallest absolute Gasteiger partial charge is 0.234 e. The van der Waals surface area contributed by atoms with Crippen LogP contribution in [0, 0.1) is 0 Å². The molecule has 0 saturated carbocycles. The highest BCUT2D eigenvalue weighted by Gasteiger charge is 2.17. The van der Waals surface area contributed by atoms with Crippen LogP contribution in [-0.4, -0.2) is 21.2 Å². The predicted molar refractivity (Wildman–Crippen MR) is 107 cm³/mol. The van der Waals surface area contributed by atoms with E-state index in [9.17, 15) is 4.79 Å². The van der Waals surface area contributed by atoms with Gasteiger partial charge in [-0.15, -0.1) is 0 Å². The Morgan fingerprint density at radius 1 is 1.16 bits per heavy atom. The van der Waals surface area contributed by atoms with Crippen molar-refractivity contribution in [3.05, 3.63) is 50.4 Å². The topological polar surface area (TPSA) is 46.9 Å². The number of thioether (sulfide) groups is 1. The molecule has 0 unspecified atom stereocenters. The second-order valence-electron chi connectivity index (χ2n) is 5.12. The van der Waals surface area contributed by atoms with Gasteiger partial charge in [0.1, 0.15) is 0 Å². The molecule has 0 bridgehead atoms. The molecular weight excluding hydrogens is 424 g/mol. The number of hydrogen-bond donors (Lipinski definition) is 1. The lowest BCUT2D eigenvalue weighted by Crippen LogP contribution is -2.15. The molecule has 130 valence electrons. The van der Waals surface area contributed by atoms with E-state index in [2.05, 4.69) is 10.3 Å². The number of carbonyl (C=O) groups is 1. The third kappa shape index (κ3) is 3.86. The Hall–Kier alpha value is -1.11. The number of halogens is 4. The van der Waals surface area contributed by atoms with Crippen LogP contribution in [0.5, 0.6) is 0 Å². The quantitative estimate of drug-likeness (QED) is 0.409. The fraction of sp³-hybridized carbons (Fsp3) is 0.125. The van der Waals surface area contributed by atoms with Crippen LogP contribution in [0.15, 0.2) is 35.5 Å². The monoisotopic (exact) mass is 433 g/mol. The van der Waals surface area contributed by atoms with Crippen LogP contribution in [0.2, 0.25) is 20.1 Å². The SMILES string of the molecule is Cn1c(SCC(=O)Nc2c(Cl)c(Cl)cc(Cl)c2Cl)nc2ccccc21. The van der Waals surface area contributed by atoms with E-state index in [0.717, 1.165) is 16.2 Å². The molecule has 0 spiro atoms. The number of aryl methyl sites for hydroxylation is 1. The van der Waals surface area contributed by atoms with Crippen LogP contribution < -0.4 is 5.32 Å². The van der Waals surface area contributed by atoms with Gasteiger partial charge in [-0.25, -0.2) is 4.98 Å². The molecule has 0 aliphatic rings. The second kappa shape index (κ2) is 7.64. The van der Waals surface area contributed by atoms with Gasteiger partial charge in [-0.05, 0) is 18.2 Å². The molecule has 3 rings (SSSR count). The minimum absolute atomic E-state index is 0.133. The molecule has 1 N–H and O–H groups in total. The number of amides is 1. The zero-order valence-electron chi connectivity index (χ0n) is 12.8. The van der Waals surface area contributed by atoms with Gasteiger partial charge in [0.2, 0.25) is 5.91 Å². The molecule has 25 heavy (non-hydrogen) atoms. The molecule has 0 saturated heterocycles. The molecular formula is C16H11Cl4N3OS. The number of rotatable bonds is 4. The molecule has 0 fully saturated rings. The molecule has 0 radical (unpaired) electrons. The highest BCUT2D eigenvalue weighted by molar-refractivity contribution is 7.99. The molecule has 9 heteroatoms. The molecule has 4 nitrogen and oxygen atoms in total. The van der Waals surface area contributed by atoms with Crippen molar-refractivity contribution in [1.29, 1.82) is 0 Å². The van der Waals surface area contributed by atoms with Crippen molar-refractivity contribution >= 4 is 80.8 Å². The van der Waals surface area contributed by atoms with Gasteiger partial charge >= 0.3 is 0 Å². The summed E-state index contributed by atoms with van der Waals surface area (Å²) in [4.78, 5) is 16.8. The number of anilines is 1. The summed E-state index contributed by atoms with van der Waals surface area (Å²) >= 11 is 25.4. The number of carbonyl (C=O) groups excluding carboxylic acids is 1. The Labute approximate surface area is 168 Å². The minimum Gasteiger partial charge on any atom is -0.323 e. The summed E-state index contributed by atoms with van der Waals surface area (Å²) in [6.07, 6.45) is 0. The molecule has 1 amide bonds. The lowest BCUT2D eigenvalue weighted by atomic mass is 10.3. The van der Waals surface area contributed by atoms with E-state index in [1.165, 1.54) is 17.8 Å². The first-order chi connectivity index (χ1) is 11.9. The number of nitrogens with one attached hydrogen (secondary N) is 1. The third-order valence-electron chi connectivity index (χ3n) is 3.45. The standard InChI is InChI=1S/C16H11Cl4N3OS/c1-23-11-5-3-2-4-10(11)21-16(23)25-7-12(24)22-15-13(19)8(17)6-9(18)14(15)20/h2-6H,7H2,1H3,(H,22,24). The van der Waals surface area contributed by atoms with Gasteiger partial charge in [-0.3, -0.25) is 4.79 Å². The molecule has 1 heterocycles. The minimum atomic E-state index is -0.292. The normalized spacial score (nSPS) is 11.1. The van der Waals surface area contributed by atoms with Gasteiger partial charge in [0.15, 0.2) is 5.16 Å². The highest BCUT2D eigenvalue weighted by atomic mass is 35.5. The summed E-state index contributed by atoms with van der Waals surface area (Å²) in [6, 6.07) is 9.19. The number of hydrogen-bond acceptors (Lipinski definition) is 3. The summed E-state index contributed by atoms with van der Waals surface area (Å²) in [5.41, 5.74) is 2.08. The number of imidazole rings is 1. The van der Waals surface area contributed by atoms with E-state index >= 15 is 0 Å². The predicted octanol–water partition coefficient (Wildman–Crippen LogP) is 5.92. The number of nitrogens with zero attached hydrogens (tertiary/aromatic N) is 2. The Kier molecular flexibility index (Phi) is 5.71. The Morgan fingerprint density at radius 3 is 2.44 bits per heavy atom. The van der Waals surface area contributed by atoms with Gasteiger partial charge in [-0.2, -0.15) is 0 Å². The number of benzene rings is 2. The summed E-state index contributed by atoms with van der Waals surface area (Å²) in [6.45, 7) is 0. The Morgan fingerprint density at radius 2 is 1.80 bits per heavy atom. The molecule has 2 aromatic carbocycles. The number of aromatic nitrogens is 2. The van der Waals surface area contributed by atoms with Gasteiger partial charge in [0.25, 0.3) is 0 Å². The Bertz CT molecular complexity index is 947. The highest BCUT2D eigenvalue weighted by Crippen LogP contribution is 2.41. The lowest BCUT2D eigenvalue weighted by Gasteiger charge is -2.11. The van der Waals surface area contributed by atoms with Crippen LogP contribution in [0.1, 0.15) is 0 Å². The maximum absolute atomic E-state index is 12.3. The van der Waals surface area contributed by atoms with Crippen LogP contribution in [0.3, 0.4) is 0 Å². The maximum Gasteiger partial charge on any atom is 0.234 e. The second-order valence-corrected chi connectivity index (χ2v) is 7.63. The Balaban J connectivity index is 1.74. The third-order valence-corrected chi connectivity index (χ3v) is 6.06. The average Bonchev–Trinajstić information content (AvgIpc) is 2.91. The average molecular weight is 435 g/mol. The van der Waals surface area contributed by atoms with Crippen LogP contribution in [0.25, 0.3) is 11.0 Å². The van der Waals surface area contributed by atoms with Crippen LogP contribution >= 0.6 is 58.2 Å². The van der Waals surface area contributed by atoms with E-state index in [-0.39, 0.29) is 37.4 Å². The summed E-state index contributed by atoms with van der Waals surface area (Å²) < 4.78 is 1.93. The number of para-hydroxylation sites is 2. The van der Waals surface area contributed by atoms with Crippen molar-refractivity contribution < 1.29 is 4.79 Å². The van der Waals surface area contributed by atoms with Crippen molar-refractivity contribution in [1.82, 2.24) is 9.55 Å². The van der Waals surface area contributed by atoms with Crippen molar-refractivity contribution in [2.24, 2.45) is 7.05 Å². The fourth-order valence-electron chi connectivity index (χ4n) is 2.24. The molecule has 3 aromatic rings. The van der Waals surface area contributed by atoms with Crippen molar-refractivity contribution in [2.45, 2.75) is 5.16 Å². The molecule has 0 aliphatic heterocycles. The molecule has 0 atom stereocenters. The van der Waals surface area contributed by atoms with E-state index in [0.29, 0.717) is 0 Å². The summed E-state index contributed by atoms with van der Waals surface area (Å²) in [5.74, 6) is -0.160. The zero-order chi connectivity index (χ0) is 18.1. The van der Waals surface area contributed by atoms with Gasteiger partial charge in [0.05, 0.1) is 42.6 Å². The first-order valence-electron chi connectivity index (χ1n) is 7.05. The first-order valence-corrected chi connectivity index (χ1v) is 9.55. The van der Waals surface area contributed by atoms with E-state index in [4.69, 9.17) is 46.4 Å². The van der Waals surface area contributed by atoms with Crippen molar-refractivity contribution in [3.63, 3.8) is 0 Å². The zero-order valence-corrected chi connectivity index (χ0v) is 16.7. The molecule has 1 aromatic heterocycles. The van der Waals surface area contributed by atoms with Crippen LogP contribution in [0.4, 0.5) is 5.69 Å². The lowest BCUT2D eigenvalue weighted by molar-refractivity contribution is -0.113. The largest absolute Gasteiger partial charge is 0.323 e. The summed E-state index contributed by atoms with van der Waals surface area (Å²) in [7, 11) is 1.90.